The highest BCUT2D eigenvalue weighted by Crippen LogP contribution is 2.09. The van der Waals surface area contributed by atoms with E-state index in [2.05, 4.69) is 16.4 Å². The first kappa shape index (κ1) is 31.3. The summed E-state index contributed by atoms with van der Waals surface area (Å²) in [6, 6.07) is 14.5. The molecular weight excluding hydrogens is 460 g/mol. The van der Waals surface area contributed by atoms with E-state index in [0.717, 1.165) is 43.4 Å². The molecule has 0 aliphatic heterocycles. The van der Waals surface area contributed by atoms with Crippen molar-refractivity contribution < 1.29 is 33.6 Å². The molecule has 7 nitrogen and oxygen atoms in total. The molecule has 0 aromatic heterocycles. The molecule has 0 aliphatic rings. The lowest BCUT2D eigenvalue weighted by Gasteiger charge is -2.05. The molecule has 0 fully saturated rings. The van der Waals surface area contributed by atoms with Crippen LogP contribution in [0.2, 0.25) is 0 Å². The summed E-state index contributed by atoms with van der Waals surface area (Å²) < 4.78 is 20.3. The van der Waals surface area contributed by atoms with Gasteiger partial charge in [-0.3, -0.25) is 0 Å². The van der Waals surface area contributed by atoms with Gasteiger partial charge in [-0.05, 0) is 61.1 Å². The van der Waals surface area contributed by atoms with Gasteiger partial charge in [0.05, 0.1) is 38.6 Å². The smallest absolute Gasteiger partial charge is 0.337 e. The van der Waals surface area contributed by atoms with E-state index in [1.807, 2.05) is 24.3 Å². The Labute approximate surface area is 215 Å². The van der Waals surface area contributed by atoms with Gasteiger partial charge in [0.15, 0.2) is 0 Å². The standard InChI is InChI=1S/C15H22O3.C14H20O4/c1-3-4-5-6-11-18-12-13-7-9-14(10-8-13)15(16)17-2;1-17-14(16)13-7-5-12(6-8-13)11-18-10-4-2-3-9-15/h7-10H,3-6,11-12H2,1-2H3;5-8,15H,2-4,9-11H2,1H3. The van der Waals surface area contributed by atoms with Crippen LogP contribution >= 0.6 is 0 Å². The van der Waals surface area contributed by atoms with E-state index in [1.54, 1.807) is 24.3 Å². The van der Waals surface area contributed by atoms with Crippen LogP contribution in [0.1, 0.15) is 83.7 Å². The molecule has 7 heteroatoms. The van der Waals surface area contributed by atoms with Crippen molar-refractivity contribution in [2.24, 2.45) is 0 Å². The number of carbonyl (C=O) groups excluding carboxylic acids is 2. The molecule has 0 saturated carbocycles. The normalized spacial score (nSPS) is 10.3. The Hall–Kier alpha value is -2.74. The molecule has 0 spiro atoms. The van der Waals surface area contributed by atoms with Gasteiger partial charge in [-0.1, -0.05) is 50.5 Å². The average molecular weight is 503 g/mol. The zero-order valence-corrected chi connectivity index (χ0v) is 22.0. The third kappa shape index (κ3) is 14.0. The highest BCUT2D eigenvalue weighted by Gasteiger charge is 2.05. The molecule has 0 atom stereocenters. The van der Waals surface area contributed by atoms with E-state index in [1.165, 1.54) is 33.5 Å². The second-order valence-corrected chi connectivity index (χ2v) is 8.33. The van der Waals surface area contributed by atoms with Crippen molar-refractivity contribution in [3.8, 4) is 0 Å². The highest BCUT2D eigenvalue weighted by molar-refractivity contribution is 5.89. The second-order valence-electron chi connectivity index (χ2n) is 8.33. The molecule has 2 aromatic carbocycles. The summed E-state index contributed by atoms with van der Waals surface area (Å²) in [6.07, 6.45) is 7.65. The van der Waals surface area contributed by atoms with Crippen molar-refractivity contribution in [2.75, 3.05) is 34.0 Å². The molecule has 0 bridgehead atoms. The molecule has 0 aliphatic carbocycles. The third-order valence-corrected chi connectivity index (χ3v) is 5.38. The lowest BCUT2D eigenvalue weighted by atomic mass is 10.1. The fourth-order valence-electron chi connectivity index (χ4n) is 3.21. The van der Waals surface area contributed by atoms with Crippen molar-refractivity contribution in [1.82, 2.24) is 0 Å². The number of esters is 2. The molecule has 0 radical (unpaired) electrons. The van der Waals surface area contributed by atoms with Gasteiger partial charge < -0.3 is 24.1 Å². The Bertz CT molecular complexity index is 760. The first-order valence-electron chi connectivity index (χ1n) is 12.7. The third-order valence-electron chi connectivity index (χ3n) is 5.38. The molecule has 2 rings (SSSR count). The number of aliphatic hydroxyl groups excluding tert-OH is 1. The van der Waals surface area contributed by atoms with E-state index in [9.17, 15) is 9.59 Å². The molecule has 1 N–H and O–H groups in total. The monoisotopic (exact) mass is 502 g/mol. The summed E-state index contributed by atoms with van der Waals surface area (Å²) in [6.45, 7) is 5.09. The predicted octanol–water partition coefficient (Wildman–Crippen LogP) is 5.72. The fraction of sp³-hybridized carbons (Fsp3) is 0.517. The van der Waals surface area contributed by atoms with Gasteiger partial charge in [0.2, 0.25) is 0 Å². The Morgan fingerprint density at radius 3 is 1.42 bits per heavy atom. The van der Waals surface area contributed by atoms with Crippen LogP contribution in [0.5, 0.6) is 0 Å². The highest BCUT2D eigenvalue weighted by atomic mass is 16.5. The SMILES string of the molecule is CCCCCCOCc1ccc(C(=O)OC)cc1.COC(=O)c1ccc(COCCCCCO)cc1. The number of unbranched alkanes of at least 4 members (excludes halogenated alkanes) is 5. The van der Waals surface area contributed by atoms with Crippen LogP contribution in [-0.4, -0.2) is 51.1 Å². The Morgan fingerprint density at radius 2 is 1.06 bits per heavy atom. The maximum absolute atomic E-state index is 11.2. The fourth-order valence-corrected chi connectivity index (χ4v) is 3.21. The van der Waals surface area contributed by atoms with Crippen LogP contribution in [0.15, 0.2) is 48.5 Å². The van der Waals surface area contributed by atoms with Gasteiger partial charge in [-0.25, -0.2) is 9.59 Å². The quantitative estimate of drug-likeness (QED) is 0.232. The minimum absolute atomic E-state index is 0.245. The van der Waals surface area contributed by atoms with E-state index >= 15 is 0 Å². The number of carbonyl (C=O) groups is 2. The van der Waals surface area contributed by atoms with Gasteiger partial charge in [-0.2, -0.15) is 0 Å². The Morgan fingerprint density at radius 1 is 0.639 bits per heavy atom. The van der Waals surface area contributed by atoms with Gasteiger partial charge >= 0.3 is 11.9 Å². The van der Waals surface area contributed by atoms with Crippen LogP contribution in [0.25, 0.3) is 0 Å². The topological polar surface area (TPSA) is 91.3 Å². The molecular formula is C29H42O7. The van der Waals surface area contributed by atoms with Crippen LogP contribution in [0.4, 0.5) is 0 Å². The maximum atomic E-state index is 11.2. The summed E-state index contributed by atoms with van der Waals surface area (Å²) in [4.78, 5) is 22.4. The van der Waals surface area contributed by atoms with E-state index in [0.29, 0.717) is 30.9 Å². The van der Waals surface area contributed by atoms with Crippen molar-refractivity contribution in [1.29, 1.82) is 0 Å². The zero-order valence-electron chi connectivity index (χ0n) is 22.0. The van der Waals surface area contributed by atoms with Crippen molar-refractivity contribution >= 4 is 11.9 Å². The van der Waals surface area contributed by atoms with Crippen LogP contribution in [0.3, 0.4) is 0 Å². The first-order chi connectivity index (χ1) is 17.5. The van der Waals surface area contributed by atoms with Crippen LogP contribution < -0.4 is 0 Å². The summed E-state index contributed by atoms with van der Waals surface area (Å²) in [7, 11) is 2.75. The Balaban J connectivity index is 0.000000360. The first-order valence-corrected chi connectivity index (χ1v) is 12.7. The van der Waals surface area contributed by atoms with E-state index in [-0.39, 0.29) is 18.5 Å². The van der Waals surface area contributed by atoms with Gasteiger partial charge in [-0.15, -0.1) is 0 Å². The number of ether oxygens (including phenoxy) is 4. The minimum Gasteiger partial charge on any atom is -0.465 e. The second kappa shape index (κ2) is 20.5. The predicted molar refractivity (Wildman–Crippen MR) is 140 cm³/mol. The number of methoxy groups -OCH3 is 2. The lowest BCUT2D eigenvalue weighted by Crippen LogP contribution is -2.01. The van der Waals surface area contributed by atoms with Gasteiger partial charge in [0, 0.05) is 19.8 Å². The molecule has 0 heterocycles. The summed E-state index contributed by atoms with van der Waals surface area (Å²) in [5, 5.41) is 8.61. The molecule has 200 valence electrons. The van der Waals surface area contributed by atoms with Crippen molar-refractivity contribution in [3.63, 3.8) is 0 Å². The van der Waals surface area contributed by atoms with E-state index < -0.39 is 0 Å². The average Bonchev–Trinajstić information content (AvgIpc) is 2.92. The number of hydrogen-bond donors (Lipinski definition) is 1. The van der Waals surface area contributed by atoms with E-state index in [4.69, 9.17) is 14.6 Å². The van der Waals surface area contributed by atoms with Crippen LogP contribution in [0, 0.1) is 0 Å². The van der Waals surface area contributed by atoms with Gasteiger partial charge in [0.1, 0.15) is 0 Å². The number of rotatable bonds is 16. The molecule has 0 saturated heterocycles. The number of benzene rings is 2. The largest absolute Gasteiger partial charge is 0.465 e. The summed E-state index contributed by atoms with van der Waals surface area (Å²) in [5.41, 5.74) is 3.23. The molecule has 0 unspecified atom stereocenters. The summed E-state index contributed by atoms with van der Waals surface area (Å²) in [5.74, 6) is -0.631. The molecule has 2 aromatic rings. The van der Waals surface area contributed by atoms with Crippen LogP contribution in [-0.2, 0) is 32.2 Å². The maximum Gasteiger partial charge on any atom is 0.337 e. The zero-order chi connectivity index (χ0) is 26.4. The molecule has 36 heavy (non-hydrogen) atoms. The van der Waals surface area contributed by atoms with Gasteiger partial charge in [0.25, 0.3) is 0 Å². The number of aliphatic hydroxyl groups is 1. The number of hydrogen-bond acceptors (Lipinski definition) is 7. The Kier molecular flexibility index (Phi) is 17.8. The van der Waals surface area contributed by atoms with Crippen molar-refractivity contribution in [2.45, 2.75) is 65.1 Å². The minimum atomic E-state index is -0.327. The summed E-state index contributed by atoms with van der Waals surface area (Å²) >= 11 is 0. The lowest BCUT2D eigenvalue weighted by molar-refractivity contribution is 0.0591. The van der Waals surface area contributed by atoms with Crippen molar-refractivity contribution in [3.05, 3.63) is 70.8 Å². The molecule has 0 amide bonds.